The molecule has 1 aliphatic rings. The number of carboxylic acids is 1. The number of hydrogen-bond acceptors (Lipinski definition) is 5. The Bertz CT molecular complexity index is 1090. The van der Waals surface area contributed by atoms with Crippen LogP contribution in [0.5, 0.6) is 5.75 Å². The molecular weight excluding hydrogens is 517 g/mol. The topological polar surface area (TPSA) is 96.3 Å². The van der Waals surface area contributed by atoms with Crippen LogP contribution >= 0.6 is 23.2 Å². The zero-order valence-electron chi connectivity index (χ0n) is 21.7. The Balaban J connectivity index is 2.00. The minimum atomic E-state index is -1.17. The maximum absolute atomic E-state index is 14.3. The van der Waals surface area contributed by atoms with Gasteiger partial charge in [-0.25, -0.2) is 4.79 Å². The molecule has 1 fully saturated rings. The quantitative estimate of drug-likeness (QED) is 0.271. The first-order chi connectivity index (χ1) is 17.4. The van der Waals surface area contributed by atoms with Crippen molar-refractivity contribution in [2.45, 2.75) is 52.6 Å². The van der Waals surface area contributed by atoms with Gasteiger partial charge in [-0.15, -0.1) is 0 Å². The SMILES string of the molecule is COCOCC1(C)CCC(C(=O)N(Cc2c(Cl)cccc2Cl)[C@@H](Cc2ccc(O)cc2)C(=O)O)C1(C)C. The predicted octanol–water partition coefficient (Wildman–Crippen LogP) is 5.79. The third-order valence-corrected chi connectivity index (χ3v) is 8.74. The lowest BCUT2D eigenvalue weighted by Gasteiger charge is -2.43. The zero-order valence-corrected chi connectivity index (χ0v) is 23.2. The van der Waals surface area contributed by atoms with Crippen LogP contribution in [0.1, 0.15) is 44.7 Å². The van der Waals surface area contributed by atoms with E-state index in [-0.39, 0.29) is 36.8 Å². The van der Waals surface area contributed by atoms with Crippen molar-refractivity contribution in [1.29, 1.82) is 0 Å². The maximum Gasteiger partial charge on any atom is 0.326 e. The highest BCUT2D eigenvalue weighted by molar-refractivity contribution is 6.36. The zero-order chi connectivity index (χ0) is 27.4. The smallest absolute Gasteiger partial charge is 0.326 e. The monoisotopic (exact) mass is 551 g/mol. The largest absolute Gasteiger partial charge is 0.508 e. The van der Waals surface area contributed by atoms with E-state index in [2.05, 4.69) is 6.92 Å². The summed E-state index contributed by atoms with van der Waals surface area (Å²) in [5.41, 5.74) is 0.381. The second kappa shape index (κ2) is 12.0. The lowest BCUT2D eigenvalue weighted by atomic mass is 9.66. The second-order valence-corrected chi connectivity index (χ2v) is 11.3. The van der Waals surface area contributed by atoms with Crippen LogP contribution in [-0.2, 0) is 32.0 Å². The normalized spacial score (nSPS) is 21.5. The van der Waals surface area contributed by atoms with Gasteiger partial charge in [0.2, 0.25) is 5.91 Å². The van der Waals surface area contributed by atoms with Crippen molar-refractivity contribution in [3.05, 3.63) is 63.6 Å². The van der Waals surface area contributed by atoms with E-state index in [0.717, 1.165) is 6.42 Å². The van der Waals surface area contributed by atoms with Crippen molar-refractivity contribution in [3.8, 4) is 5.75 Å². The molecule has 1 amide bonds. The highest BCUT2D eigenvalue weighted by Crippen LogP contribution is 2.56. The number of aromatic hydroxyl groups is 1. The lowest BCUT2D eigenvalue weighted by Crippen LogP contribution is -2.51. The molecule has 2 aromatic carbocycles. The molecule has 0 aliphatic heterocycles. The van der Waals surface area contributed by atoms with Gasteiger partial charge in [-0.1, -0.05) is 62.2 Å². The standard InChI is InChI=1S/C28H35Cl2NO6/c1-27(2)21(12-13-28(27,3)16-37-17-36-4)25(33)31(15-20-22(29)6-5-7-23(20)30)24(26(34)35)14-18-8-10-19(32)11-9-18/h5-11,21,24,32H,12-17H2,1-4H3,(H,34,35)/t21?,24-,28?/m0/s1. The lowest BCUT2D eigenvalue weighted by molar-refractivity contribution is -0.156. The minimum Gasteiger partial charge on any atom is -0.508 e. The Morgan fingerprint density at radius 1 is 1.11 bits per heavy atom. The Kier molecular flexibility index (Phi) is 9.51. The van der Waals surface area contributed by atoms with Crippen LogP contribution < -0.4 is 0 Å². The minimum absolute atomic E-state index is 0.0458. The van der Waals surface area contributed by atoms with Gasteiger partial charge < -0.3 is 24.6 Å². The van der Waals surface area contributed by atoms with E-state index in [0.29, 0.717) is 34.2 Å². The number of carbonyl (C=O) groups is 2. The van der Waals surface area contributed by atoms with Crippen molar-refractivity contribution in [1.82, 2.24) is 4.90 Å². The van der Waals surface area contributed by atoms with E-state index in [1.54, 1.807) is 37.4 Å². The molecule has 7 nitrogen and oxygen atoms in total. The van der Waals surface area contributed by atoms with E-state index in [9.17, 15) is 19.8 Å². The molecule has 0 spiro atoms. The Morgan fingerprint density at radius 3 is 2.30 bits per heavy atom. The van der Waals surface area contributed by atoms with Crippen molar-refractivity contribution >= 4 is 35.1 Å². The average molecular weight is 552 g/mol. The van der Waals surface area contributed by atoms with Gasteiger partial charge in [0.25, 0.3) is 0 Å². The first kappa shape index (κ1) is 29.2. The fraction of sp³-hybridized carbons (Fsp3) is 0.500. The third-order valence-electron chi connectivity index (χ3n) is 8.03. The van der Waals surface area contributed by atoms with Gasteiger partial charge in [-0.05, 0) is 53.5 Å². The molecule has 3 rings (SSSR count). The van der Waals surface area contributed by atoms with Gasteiger partial charge in [-0.2, -0.15) is 0 Å². The Hall–Kier alpha value is -2.32. The first-order valence-electron chi connectivity index (χ1n) is 12.2. The molecule has 1 saturated carbocycles. The van der Waals surface area contributed by atoms with E-state index in [4.69, 9.17) is 32.7 Å². The molecule has 3 atom stereocenters. The molecule has 0 bridgehead atoms. The number of amides is 1. The predicted molar refractivity (Wildman–Crippen MR) is 143 cm³/mol. The van der Waals surface area contributed by atoms with Gasteiger partial charge in [0.05, 0.1) is 6.61 Å². The number of phenols is 1. The number of ether oxygens (including phenoxy) is 2. The van der Waals surface area contributed by atoms with Gasteiger partial charge in [0.1, 0.15) is 18.6 Å². The van der Waals surface area contributed by atoms with Crippen LogP contribution in [0.4, 0.5) is 0 Å². The van der Waals surface area contributed by atoms with Crippen LogP contribution in [0.25, 0.3) is 0 Å². The van der Waals surface area contributed by atoms with E-state index < -0.39 is 23.3 Å². The van der Waals surface area contributed by atoms with Crippen molar-refractivity contribution < 1.29 is 29.3 Å². The summed E-state index contributed by atoms with van der Waals surface area (Å²) in [4.78, 5) is 28.3. The summed E-state index contributed by atoms with van der Waals surface area (Å²) in [6.45, 7) is 6.70. The average Bonchev–Trinajstić information content (AvgIpc) is 3.07. The maximum atomic E-state index is 14.3. The van der Waals surface area contributed by atoms with Crippen LogP contribution in [0.2, 0.25) is 10.0 Å². The van der Waals surface area contributed by atoms with E-state index in [1.807, 2.05) is 13.8 Å². The summed E-state index contributed by atoms with van der Waals surface area (Å²) in [7, 11) is 1.56. The Labute approximate surface area is 228 Å². The van der Waals surface area contributed by atoms with Crippen molar-refractivity contribution in [2.24, 2.45) is 16.7 Å². The number of nitrogens with zero attached hydrogens (tertiary/aromatic N) is 1. The summed E-state index contributed by atoms with van der Waals surface area (Å²) in [5, 5.41) is 20.7. The highest BCUT2D eigenvalue weighted by Gasteiger charge is 2.55. The summed E-state index contributed by atoms with van der Waals surface area (Å²) in [6.07, 6.45) is 1.40. The molecule has 2 N–H and O–H groups in total. The molecule has 0 saturated heterocycles. The molecule has 0 aromatic heterocycles. The first-order valence-corrected chi connectivity index (χ1v) is 13.0. The number of hydrogen-bond donors (Lipinski definition) is 2. The third kappa shape index (κ3) is 6.40. The number of carboxylic acid groups (broad SMARTS) is 1. The molecule has 9 heteroatoms. The second-order valence-electron chi connectivity index (χ2n) is 10.5. The number of carbonyl (C=O) groups excluding carboxylic acids is 1. The van der Waals surface area contributed by atoms with Crippen LogP contribution in [0.15, 0.2) is 42.5 Å². The molecule has 37 heavy (non-hydrogen) atoms. The summed E-state index contributed by atoms with van der Waals surface area (Å²) in [6, 6.07) is 10.2. The van der Waals surface area contributed by atoms with Crippen LogP contribution in [0.3, 0.4) is 0 Å². The number of halogens is 2. The van der Waals surface area contributed by atoms with Crippen molar-refractivity contribution in [2.75, 3.05) is 20.5 Å². The molecule has 1 aliphatic carbocycles. The van der Waals surface area contributed by atoms with Gasteiger partial charge in [0.15, 0.2) is 0 Å². The van der Waals surface area contributed by atoms with E-state index >= 15 is 0 Å². The molecule has 202 valence electrons. The fourth-order valence-corrected chi connectivity index (χ4v) is 5.71. The number of phenolic OH excluding ortho intramolecular Hbond substituents is 1. The van der Waals surface area contributed by atoms with E-state index in [1.165, 1.54) is 17.0 Å². The number of benzene rings is 2. The summed E-state index contributed by atoms with van der Waals surface area (Å²) in [5.74, 6) is -1.75. The highest BCUT2D eigenvalue weighted by atomic mass is 35.5. The van der Waals surface area contributed by atoms with Gasteiger partial charge in [-0.3, -0.25) is 4.79 Å². The van der Waals surface area contributed by atoms with Gasteiger partial charge in [0, 0.05) is 41.6 Å². The number of aliphatic carboxylic acids is 1. The number of rotatable bonds is 11. The van der Waals surface area contributed by atoms with Crippen LogP contribution in [-0.4, -0.2) is 53.5 Å². The molecular formula is C28H35Cl2NO6. The Morgan fingerprint density at radius 2 is 1.73 bits per heavy atom. The van der Waals surface area contributed by atoms with Crippen molar-refractivity contribution in [3.63, 3.8) is 0 Å². The van der Waals surface area contributed by atoms with Crippen LogP contribution in [0, 0.1) is 16.7 Å². The fourth-order valence-electron chi connectivity index (χ4n) is 5.19. The molecule has 2 aromatic rings. The summed E-state index contributed by atoms with van der Waals surface area (Å²) >= 11 is 12.9. The summed E-state index contributed by atoms with van der Waals surface area (Å²) < 4.78 is 10.7. The number of methoxy groups -OCH3 is 1. The van der Waals surface area contributed by atoms with Gasteiger partial charge >= 0.3 is 5.97 Å². The molecule has 0 radical (unpaired) electrons. The molecule has 2 unspecified atom stereocenters. The molecule has 0 heterocycles.